The SMILES string of the molecule is COc1ccc(C(=O)N2CCC(c3nc4c(s3)CCCC4)CC2)cc1. The molecule has 2 aromatic rings. The van der Waals surface area contributed by atoms with Crippen molar-refractivity contribution in [1.29, 1.82) is 0 Å². The maximum atomic E-state index is 12.7. The number of likely N-dealkylation sites (tertiary alicyclic amines) is 1. The summed E-state index contributed by atoms with van der Waals surface area (Å²) in [7, 11) is 1.64. The lowest BCUT2D eigenvalue weighted by Gasteiger charge is -2.31. The number of carbonyl (C=O) groups excluding carboxylic acids is 1. The third kappa shape index (κ3) is 3.43. The van der Waals surface area contributed by atoms with Crippen LogP contribution in [0, 0.1) is 0 Å². The van der Waals surface area contributed by atoms with Crippen LogP contribution in [0.4, 0.5) is 0 Å². The first-order chi connectivity index (χ1) is 12.2. The van der Waals surface area contributed by atoms with E-state index in [2.05, 4.69) is 0 Å². The molecule has 132 valence electrons. The first-order valence-electron chi connectivity index (χ1n) is 9.16. The molecule has 4 rings (SSSR count). The monoisotopic (exact) mass is 356 g/mol. The Morgan fingerprint density at radius 2 is 1.88 bits per heavy atom. The van der Waals surface area contributed by atoms with Gasteiger partial charge in [-0.05, 0) is 62.8 Å². The minimum Gasteiger partial charge on any atom is -0.497 e. The van der Waals surface area contributed by atoms with Crippen molar-refractivity contribution < 1.29 is 9.53 Å². The molecule has 0 atom stereocenters. The molecule has 1 saturated heterocycles. The van der Waals surface area contributed by atoms with E-state index in [0.29, 0.717) is 5.92 Å². The molecule has 4 nitrogen and oxygen atoms in total. The van der Waals surface area contributed by atoms with E-state index >= 15 is 0 Å². The van der Waals surface area contributed by atoms with Crippen LogP contribution < -0.4 is 4.74 Å². The summed E-state index contributed by atoms with van der Waals surface area (Å²) in [6.45, 7) is 1.64. The summed E-state index contributed by atoms with van der Waals surface area (Å²) in [6.07, 6.45) is 7.00. The predicted octanol–water partition coefficient (Wildman–Crippen LogP) is 4.05. The molecule has 0 bridgehead atoms. The average molecular weight is 356 g/mol. The smallest absolute Gasteiger partial charge is 0.253 e. The van der Waals surface area contributed by atoms with Gasteiger partial charge in [0, 0.05) is 29.4 Å². The van der Waals surface area contributed by atoms with Crippen molar-refractivity contribution in [3.05, 3.63) is 45.4 Å². The number of benzene rings is 1. The van der Waals surface area contributed by atoms with Gasteiger partial charge in [-0.15, -0.1) is 11.3 Å². The molecule has 0 unspecified atom stereocenters. The standard InChI is InChI=1S/C20H24N2O2S/c1-24-16-8-6-15(7-9-16)20(23)22-12-10-14(11-13-22)19-21-17-4-2-3-5-18(17)25-19/h6-9,14H,2-5,10-13H2,1H3. The highest BCUT2D eigenvalue weighted by Crippen LogP contribution is 2.35. The number of carbonyl (C=O) groups is 1. The zero-order valence-corrected chi connectivity index (χ0v) is 15.5. The van der Waals surface area contributed by atoms with E-state index in [1.54, 1.807) is 7.11 Å². The number of rotatable bonds is 3. The van der Waals surface area contributed by atoms with E-state index in [9.17, 15) is 4.79 Å². The Morgan fingerprint density at radius 3 is 2.56 bits per heavy atom. The van der Waals surface area contributed by atoms with Gasteiger partial charge in [-0.2, -0.15) is 0 Å². The van der Waals surface area contributed by atoms with Crippen molar-refractivity contribution >= 4 is 17.2 Å². The lowest BCUT2D eigenvalue weighted by molar-refractivity contribution is 0.0713. The molecular weight excluding hydrogens is 332 g/mol. The van der Waals surface area contributed by atoms with Gasteiger partial charge in [0.25, 0.3) is 5.91 Å². The second kappa shape index (κ2) is 7.16. The number of aromatic nitrogens is 1. The Labute approximate surface area is 152 Å². The summed E-state index contributed by atoms with van der Waals surface area (Å²) in [5.41, 5.74) is 2.09. The first-order valence-corrected chi connectivity index (χ1v) is 9.98. The van der Waals surface area contributed by atoms with E-state index in [0.717, 1.165) is 43.7 Å². The Hall–Kier alpha value is -1.88. The predicted molar refractivity (Wildman–Crippen MR) is 99.6 cm³/mol. The van der Waals surface area contributed by atoms with Crippen molar-refractivity contribution in [2.75, 3.05) is 20.2 Å². The molecule has 0 spiro atoms. The number of methoxy groups -OCH3 is 1. The summed E-state index contributed by atoms with van der Waals surface area (Å²) in [6, 6.07) is 7.39. The van der Waals surface area contributed by atoms with Crippen molar-refractivity contribution in [3.63, 3.8) is 0 Å². The largest absolute Gasteiger partial charge is 0.497 e. The molecule has 0 N–H and O–H groups in total. The molecule has 1 amide bonds. The summed E-state index contributed by atoms with van der Waals surface area (Å²) in [4.78, 5) is 21.1. The molecule has 1 fully saturated rings. The average Bonchev–Trinajstić information content (AvgIpc) is 3.12. The maximum absolute atomic E-state index is 12.7. The number of hydrogen-bond donors (Lipinski definition) is 0. The third-order valence-electron chi connectivity index (χ3n) is 5.33. The normalized spacial score (nSPS) is 18.0. The van der Waals surface area contributed by atoms with Crippen LogP contribution in [0.25, 0.3) is 0 Å². The van der Waals surface area contributed by atoms with Gasteiger partial charge in [-0.25, -0.2) is 4.98 Å². The number of amides is 1. The molecule has 2 aliphatic rings. The second-order valence-electron chi connectivity index (χ2n) is 6.92. The first kappa shape index (κ1) is 16.6. The molecule has 2 heterocycles. The van der Waals surface area contributed by atoms with E-state index in [1.165, 1.54) is 34.8 Å². The van der Waals surface area contributed by atoms with E-state index in [4.69, 9.17) is 9.72 Å². The molecule has 0 radical (unpaired) electrons. The number of thiazole rings is 1. The molecule has 1 aliphatic carbocycles. The lowest BCUT2D eigenvalue weighted by atomic mass is 9.96. The van der Waals surface area contributed by atoms with Crippen LogP contribution in [-0.2, 0) is 12.8 Å². The number of ether oxygens (including phenoxy) is 1. The fraction of sp³-hybridized carbons (Fsp3) is 0.500. The number of piperidine rings is 1. The van der Waals surface area contributed by atoms with Gasteiger partial charge in [-0.3, -0.25) is 4.79 Å². The van der Waals surface area contributed by atoms with Crippen LogP contribution in [-0.4, -0.2) is 36.0 Å². The minimum absolute atomic E-state index is 0.125. The molecule has 5 heteroatoms. The fourth-order valence-electron chi connectivity index (χ4n) is 3.79. The Morgan fingerprint density at radius 1 is 1.16 bits per heavy atom. The van der Waals surface area contributed by atoms with E-state index < -0.39 is 0 Å². The van der Waals surface area contributed by atoms with Crippen LogP contribution >= 0.6 is 11.3 Å². The molecule has 1 aliphatic heterocycles. The van der Waals surface area contributed by atoms with Gasteiger partial charge in [0.15, 0.2) is 0 Å². The summed E-state index contributed by atoms with van der Waals surface area (Å²) in [5, 5.41) is 1.31. The van der Waals surface area contributed by atoms with Gasteiger partial charge in [0.05, 0.1) is 17.8 Å². The summed E-state index contributed by atoms with van der Waals surface area (Å²) in [5.74, 6) is 1.43. The summed E-state index contributed by atoms with van der Waals surface area (Å²) < 4.78 is 5.16. The number of nitrogens with zero attached hydrogens (tertiary/aromatic N) is 2. The van der Waals surface area contributed by atoms with Crippen molar-refractivity contribution in [1.82, 2.24) is 9.88 Å². The van der Waals surface area contributed by atoms with Gasteiger partial charge in [0.2, 0.25) is 0 Å². The van der Waals surface area contributed by atoms with Gasteiger partial charge < -0.3 is 9.64 Å². The number of hydrogen-bond acceptors (Lipinski definition) is 4. The van der Waals surface area contributed by atoms with E-state index in [1.807, 2.05) is 40.5 Å². The van der Waals surface area contributed by atoms with Crippen LogP contribution in [0.2, 0.25) is 0 Å². The van der Waals surface area contributed by atoms with Crippen molar-refractivity contribution in [3.8, 4) is 5.75 Å². The van der Waals surface area contributed by atoms with Crippen LogP contribution in [0.5, 0.6) is 5.75 Å². The van der Waals surface area contributed by atoms with Crippen molar-refractivity contribution in [2.45, 2.75) is 44.4 Å². The quantitative estimate of drug-likeness (QED) is 0.833. The molecule has 1 aromatic heterocycles. The topological polar surface area (TPSA) is 42.4 Å². The Bertz CT molecular complexity index is 722. The summed E-state index contributed by atoms with van der Waals surface area (Å²) >= 11 is 1.92. The van der Waals surface area contributed by atoms with Crippen molar-refractivity contribution in [2.24, 2.45) is 0 Å². The Kier molecular flexibility index (Phi) is 4.75. The highest BCUT2D eigenvalue weighted by atomic mass is 32.1. The molecule has 0 saturated carbocycles. The fourth-order valence-corrected chi connectivity index (χ4v) is 5.11. The molecular formula is C20H24N2O2S. The maximum Gasteiger partial charge on any atom is 0.253 e. The highest BCUT2D eigenvalue weighted by Gasteiger charge is 2.27. The van der Waals surface area contributed by atoms with Gasteiger partial charge in [-0.1, -0.05) is 0 Å². The van der Waals surface area contributed by atoms with Gasteiger partial charge in [0.1, 0.15) is 5.75 Å². The van der Waals surface area contributed by atoms with Crippen LogP contribution in [0.3, 0.4) is 0 Å². The van der Waals surface area contributed by atoms with Crippen LogP contribution in [0.1, 0.15) is 57.5 Å². The van der Waals surface area contributed by atoms with Gasteiger partial charge >= 0.3 is 0 Å². The van der Waals surface area contributed by atoms with Crippen LogP contribution in [0.15, 0.2) is 24.3 Å². The second-order valence-corrected chi connectivity index (χ2v) is 8.04. The third-order valence-corrected chi connectivity index (χ3v) is 6.65. The zero-order chi connectivity index (χ0) is 17.2. The molecule has 25 heavy (non-hydrogen) atoms. The number of fused-ring (bicyclic) bond motifs is 1. The zero-order valence-electron chi connectivity index (χ0n) is 14.7. The minimum atomic E-state index is 0.125. The highest BCUT2D eigenvalue weighted by molar-refractivity contribution is 7.11. The lowest BCUT2D eigenvalue weighted by Crippen LogP contribution is -2.37. The molecule has 1 aromatic carbocycles. The van der Waals surface area contributed by atoms with E-state index in [-0.39, 0.29) is 5.91 Å². The Balaban J connectivity index is 1.39. The number of aryl methyl sites for hydroxylation is 2.